The molecular formula is C22H26N2O3S. The van der Waals surface area contributed by atoms with Gasteiger partial charge in [-0.15, -0.1) is 11.3 Å². The van der Waals surface area contributed by atoms with E-state index < -0.39 is 0 Å². The van der Waals surface area contributed by atoms with Crippen molar-refractivity contribution in [2.45, 2.75) is 40.0 Å². The van der Waals surface area contributed by atoms with E-state index in [1.54, 1.807) is 25.6 Å². The Hall–Kier alpha value is -2.34. The van der Waals surface area contributed by atoms with Gasteiger partial charge in [-0.25, -0.2) is 4.98 Å². The normalized spacial score (nSPS) is 16.8. The number of rotatable bonds is 3. The van der Waals surface area contributed by atoms with Crippen molar-refractivity contribution in [1.29, 1.82) is 0 Å². The topological polar surface area (TPSA) is 64.2 Å². The second-order valence-corrected chi connectivity index (χ2v) is 9.56. The minimum absolute atomic E-state index is 0.0542. The van der Waals surface area contributed by atoms with Crippen molar-refractivity contribution in [2.75, 3.05) is 14.2 Å². The fraction of sp³-hybridized carbons (Fsp3) is 0.455. The lowest BCUT2D eigenvalue weighted by Crippen LogP contribution is -2.26. The lowest BCUT2D eigenvalue weighted by atomic mass is 9.72. The van der Waals surface area contributed by atoms with Crippen molar-refractivity contribution in [2.24, 2.45) is 11.3 Å². The molecule has 0 aliphatic heterocycles. The summed E-state index contributed by atoms with van der Waals surface area (Å²) in [6, 6.07) is 5.55. The third kappa shape index (κ3) is 3.20. The summed E-state index contributed by atoms with van der Waals surface area (Å²) >= 11 is 1.67. The predicted molar refractivity (Wildman–Crippen MR) is 114 cm³/mol. The maximum Gasteiger partial charge on any atom is 0.260 e. The van der Waals surface area contributed by atoms with Crippen LogP contribution in [-0.2, 0) is 12.8 Å². The maximum absolute atomic E-state index is 12.9. The highest BCUT2D eigenvalue weighted by molar-refractivity contribution is 7.18. The first kappa shape index (κ1) is 19.0. The summed E-state index contributed by atoms with van der Waals surface area (Å²) in [5, 5.41) is 0.775. The quantitative estimate of drug-likeness (QED) is 0.687. The highest BCUT2D eigenvalue weighted by atomic mass is 32.1. The van der Waals surface area contributed by atoms with Gasteiger partial charge in [0.15, 0.2) is 11.5 Å². The molecule has 2 heterocycles. The predicted octanol–water partition coefficient (Wildman–Crippen LogP) is 4.82. The third-order valence-electron chi connectivity index (χ3n) is 5.80. The molecule has 2 aromatic heterocycles. The van der Waals surface area contributed by atoms with Gasteiger partial charge in [0.2, 0.25) is 0 Å². The van der Waals surface area contributed by atoms with Gasteiger partial charge >= 0.3 is 0 Å². The van der Waals surface area contributed by atoms with Crippen molar-refractivity contribution < 1.29 is 9.47 Å². The van der Waals surface area contributed by atoms with Crippen LogP contribution >= 0.6 is 11.3 Å². The molecule has 0 saturated heterocycles. The van der Waals surface area contributed by atoms with Crippen LogP contribution in [-0.4, -0.2) is 24.2 Å². The smallest absolute Gasteiger partial charge is 0.260 e. The summed E-state index contributed by atoms with van der Waals surface area (Å²) in [6.45, 7) is 6.91. The number of thiophene rings is 1. The van der Waals surface area contributed by atoms with Gasteiger partial charge in [-0.2, -0.15) is 0 Å². The average molecular weight is 399 g/mol. The van der Waals surface area contributed by atoms with Crippen LogP contribution in [0.15, 0.2) is 23.0 Å². The summed E-state index contributed by atoms with van der Waals surface area (Å²) in [6.07, 6.45) is 3.11. The molecule has 1 aliphatic rings. The second-order valence-electron chi connectivity index (χ2n) is 8.47. The van der Waals surface area contributed by atoms with Gasteiger partial charge in [-0.1, -0.05) is 20.8 Å². The lowest BCUT2D eigenvalue weighted by molar-refractivity contribution is 0.218. The molecule has 28 heavy (non-hydrogen) atoms. The van der Waals surface area contributed by atoms with Gasteiger partial charge in [0, 0.05) is 10.4 Å². The Morgan fingerprint density at radius 2 is 1.93 bits per heavy atom. The number of hydrogen-bond donors (Lipinski definition) is 1. The third-order valence-corrected chi connectivity index (χ3v) is 6.95. The fourth-order valence-corrected chi connectivity index (χ4v) is 5.34. The van der Waals surface area contributed by atoms with E-state index in [2.05, 4.69) is 25.8 Å². The molecule has 0 radical (unpaired) electrons. The molecule has 1 atom stereocenters. The van der Waals surface area contributed by atoms with E-state index in [1.165, 1.54) is 10.4 Å². The number of fused-ring (bicyclic) bond motifs is 3. The monoisotopic (exact) mass is 398 g/mol. The van der Waals surface area contributed by atoms with Gasteiger partial charge < -0.3 is 14.5 Å². The van der Waals surface area contributed by atoms with Crippen LogP contribution in [0.5, 0.6) is 11.5 Å². The Bertz CT molecular complexity index is 1090. The maximum atomic E-state index is 12.9. The van der Waals surface area contributed by atoms with Crippen LogP contribution in [0.2, 0.25) is 0 Å². The number of ether oxygens (including phenoxy) is 2. The van der Waals surface area contributed by atoms with E-state index in [0.29, 0.717) is 23.2 Å². The highest BCUT2D eigenvalue weighted by Gasteiger charge is 2.31. The standard InChI is InChI=1S/C22H26N2O3S/c1-22(2,3)13-7-8-14-17(11-13)28-21-18(14)20(25)23-19(24-21)12-6-9-15(26-4)16(10-12)27-5/h6,9-10,13H,7-8,11H2,1-5H3,(H,23,24,25)/t13-/m0/s1. The Balaban J connectivity index is 1.79. The van der Waals surface area contributed by atoms with Crippen LogP contribution < -0.4 is 15.0 Å². The molecular weight excluding hydrogens is 372 g/mol. The first-order valence-corrected chi connectivity index (χ1v) is 10.4. The van der Waals surface area contributed by atoms with E-state index >= 15 is 0 Å². The largest absolute Gasteiger partial charge is 0.493 e. The molecule has 0 bridgehead atoms. The summed E-state index contributed by atoms with van der Waals surface area (Å²) in [7, 11) is 3.20. The zero-order valence-electron chi connectivity index (χ0n) is 17.0. The zero-order chi connectivity index (χ0) is 20.1. The molecule has 0 unspecified atom stereocenters. The number of aromatic amines is 1. The molecule has 148 valence electrons. The van der Waals surface area contributed by atoms with Gasteiger partial charge in [0.1, 0.15) is 10.7 Å². The SMILES string of the molecule is COc1ccc(-c2nc3sc4c(c3c(=O)[nH]2)CC[C@H](C(C)(C)C)C4)cc1OC. The molecule has 1 N–H and O–H groups in total. The van der Waals surface area contributed by atoms with Crippen LogP contribution in [0, 0.1) is 11.3 Å². The van der Waals surface area contributed by atoms with E-state index in [-0.39, 0.29) is 11.0 Å². The average Bonchev–Trinajstić information content (AvgIpc) is 3.04. The number of benzene rings is 1. The lowest BCUT2D eigenvalue weighted by Gasteiger charge is -2.33. The summed E-state index contributed by atoms with van der Waals surface area (Å²) in [5.41, 5.74) is 2.23. The number of nitrogens with one attached hydrogen (secondary N) is 1. The van der Waals surface area contributed by atoms with Gasteiger partial charge in [-0.05, 0) is 54.4 Å². The Morgan fingerprint density at radius 1 is 1.18 bits per heavy atom. The van der Waals surface area contributed by atoms with Crippen molar-refractivity contribution in [3.8, 4) is 22.9 Å². The van der Waals surface area contributed by atoms with Crippen molar-refractivity contribution in [3.05, 3.63) is 39.0 Å². The Labute approximate surface area is 168 Å². The van der Waals surface area contributed by atoms with Crippen LogP contribution in [0.3, 0.4) is 0 Å². The summed E-state index contributed by atoms with van der Waals surface area (Å²) in [4.78, 5) is 22.8. The molecule has 4 rings (SSSR count). The summed E-state index contributed by atoms with van der Waals surface area (Å²) < 4.78 is 10.7. The summed E-state index contributed by atoms with van der Waals surface area (Å²) in [5.74, 6) is 2.46. The first-order chi connectivity index (χ1) is 13.3. The van der Waals surface area contributed by atoms with Crippen LogP contribution in [0.1, 0.15) is 37.6 Å². The number of aromatic nitrogens is 2. The number of H-pyrrole nitrogens is 1. The molecule has 1 aliphatic carbocycles. The molecule has 5 nitrogen and oxygen atoms in total. The highest BCUT2D eigenvalue weighted by Crippen LogP contribution is 2.42. The van der Waals surface area contributed by atoms with E-state index in [4.69, 9.17) is 14.5 Å². The number of hydrogen-bond acceptors (Lipinski definition) is 5. The Morgan fingerprint density at radius 3 is 2.61 bits per heavy atom. The molecule has 1 aromatic carbocycles. The number of aryl methyl sites for hydroxylation is 1. The van der Waals surface area contributed by atoms with Crippen molar-refractivity contribution >= 4 is 21.6 Å². The number of methoxy groups -OCH3 is 2. The van der Waals surface area contributed by atoms with E-state index in [9.17, 15) is 4.79 Å². The second kappa shape index (κ2) is 6.92. The van der Waals surface area contributed by atoms with Crippen molar-refractivity contribution in [1.82, 2.24) is 9.97 Å². The molecule has 0 spiro atoms. The molecule has 0 fully saturated rings. The molecule has 0 saturated carbocycles. The molecule has 6 heteroatoms. The number of nitrogens with zero attached hydrogens (tertiary/aromatic N) is 1. The van der Waals surface area contributed by atoms with Gasteiger partial charge in [0.25, 0.3) is 5.56 Å². The minimum atomic E-state index is -0.0542. The van der Waals surface area contributed by atoms with Gasteiger partial charge in [0.05, 0.1) is 19.6 Å². The zero-order valence-corrected chi connectivity index (χ0v) is 17.8. The molecule has 0 amide bonds. The Kier molecular flexibility index (Phi) is 4.70. The van der Waals surface area contributed by atoms with Crippen molar-refractivity contribution in [3.63, 3.8) is 0 Å². The van der Waals surface area contributed by atoms with Crippen LogP contribution in [0.4, 0.5) is 0 Å². The minimum Gasteiger partial charge on any atom is -0.493 e. The first-order valence-electron chi connectivity index (χ1n) is 9.58. The fourth-order valence-electron chi connectivity index (χ4n) is 4.04. The van der Waals surface area contributed by atoms with E-state index in [0.717, 1.165) is 35.0 Å². The van der Waals surface area contributed by atoms with Gasteiger partial charge in [-0.3, -0.25) is 4.79 Å². The van der Waals surface area contributed by atoms with E-state index in [1.807, 2.05) is 18.2 Å². The molecule has 3 aromatic rings. The van der Waals surface area contributed by atoms with Crippen LogP contribution in [0.25, 0.3) is 21.6 Å².